The van der Waals surface area contributed by atoms with Crippen molar-refractivity contribution in [1.82, 2.24) is 9.88 Å². The van der Waals surface area contributed by atoms with Gasteiger partial charge in [-0.15, -0.1) is 0 Å². The number of aromatic nitrogens is 1. The van der Waals surface area contributed by atoms with Crippen LogP contribution >= 0.6 is 0 Å². The number of nitrogens with one attached hydrogen (secondary N) is 1. The maximum absolute atomic E-state index is 4.46. The molecule has 0 spiro atoms. The third-order valence-corrected chi connectivity index (χ3v) is 4.38. The van der Waals surface area contributed by atoms with E-state index in [0.29, 0.717) is 6.04 Å². The van der Waals surface area contributed by atoms with E-state index in [2.05, 4.69) is 40.0 Å². The summed E-state index contributed by atoms with van der Waals surface area (Å²) in [7, 11) is 4.08. The van der Waals surface area contributed by atoms with Crippen LogP contribution in [0.5, 0.6) is 0 Å². The van der Waals surface area contributed by atoms with Crippen molar-refractivity contribution in [2.75, 3.05) is 43.9 Å². The molecule has 1 unspecified atom stereocenters. The summed E-state index contributed by atoms with van der Waals surface area (Å²) in [6.07, 6.45) is 4.43. The predicted molar refractivity (Wildman–Crippen MR) is 86.5 cm³/mol. The first-order chi connectivity index (χ1) is 9.61. The molecule has 4 heteroatoms. The van der Waals surface area contributed by atoms with E-state index < -0.39 is 0 Å². The van der Waals surface area contributed by atoms with Gasteiger partial charge in [-0.1, -0.05) is 6.92 Å². The highest BCUT2D eigenvalue weighted by Crippen LogP contribution is 2.26. The molecule has 1 fully saturated rings. The van der Waals surface area contributed by atoms with Crippen molar-refractivity contribution in [3.8, 4) is 0 Å². The van der Waals surface area contributed by atoms with E-state index >= 15 is 0 Å². The van der Waals surface area contributed by atoms with Gasteiger partial charge in [-0.3, -0.25) is 0 Å². The van der Waals surface area contributed by atoms with Gasteiger partial charge in [0, 0.05) is 26.3 Å². The molecule has 0 amide bonds. The fourth-order valence-corrected chi connectivity index (χ4v) is 3.00. The first kappa shape index (κ1) is 15.1. The average molecular weight is 276 g/mol. The van der Waals surface area contributed by atoms with Crippen LogP contribution in [-0.2, 0) is 0 Å². The maximum Gasteiger partial charge on any atom is 0.151 e. The SMILES string of the molecule is CCN1CCC(C(C)Nc2cccnc2N(C)C)CC1. The lowest BCUT2D eigenvalue weighted by molar-refractivity contribution is 0.183. The van der Waals surface area contributed by atoms with Crippen molar-refractivity contribution in [3.05, 3.63) is 18.3 Å². The van der Waals surface area contributed by atoms with Gasteiger partial charge in [-0.25, -0.2) is 4.98 Å². The Hall–Kier alpha value is -1.29. The second kappa shape index (κ2) is 6.93. The third kappa shape index (κ3) is 3.63. The summed E-state index contributed by atoms with van der Waals surface area (Å²) in [6.45, 7) is 8.21. The number of rotatable bonds is 5. The van der Waals surface area contributed by atoms with E-state index in [1.54, 1.807) is 0 Å². The van der Waals surface area contributed by atoms with Crippen molar-refractivity contribution in [2.45, 2.75) is 32.7 Å². The molecule has 0 aliphatic carbocycles. The number of hydrogen-bond donors (Lipinski definition) is 1. The molecule has 2 heterocycles. The molecule has 2 rings (SSSR count). The van der Waals surface area contributed by atoms with Gasteiger partial charge in [-0.05, 0) is 57.5 Å². The number of pyridine rings is 1. The molecule has 20 heavy (non-hydrogen) atoms. The van der Waals surface area contributed by atoms with Gasteiger partial charge in [0.2, 0.25) is 0 Å². The third-order valence-electron chi connectivity index (χ3n) is 4.38. The van der Waals surface area contributed by atoms with E-state index in [0.717, 1.165) is 17.4 Å². The molecule has 1 aromatic heterocycles. The highest BCUT2D eigenvalue weighted by molar-refractivity contribution is 5.65. The maximum atomic E-state index is 4.46. The number of hydrogen-bond acceptors (Lipinski definition) is 4. The molecule has 1 aliphatic rings. The van der Waals surface area contributed by atoms with Crippen LogP contribution in [0.4, 0.5) is 11.5 Å². The molecule has 0 radical (unpaired) electrons. The second-order valence-electron chi connectivity index (χ2n) is 5.97. The van der Waals surface area contributed by atoms with Gasteiger partial charge in [0.25, 0.3) is 0 Å². The Bertz CT molecular complexity index is 411. The molecular weight excluding hydrogens is 248 g/mol. The molecule has 1 aromatic rings. The molecule has 1 saturated heterocycles. The average Bonchev–Trinajstić information content (AvgIpc) is 2.47. The number of piperidine rings is 1. The normalized spacial score (nSPS) is 18.8. The molecule has 1 aliphatic heterocycles. The van der Waals surface area contributed by atoms with Crippen LogP contribution in [0.25, 0.3) is 0 Å². The van der Waals surface area contributed by atoms with Crippen molar-refractivity contribution < 1.29 is 0 Å². The van der Waals surface area contributed by atoms with E-state index in [1.165, 1.54) is 32.5 Å². The Morgan fingerprint density at radius 1 is 1.40 bits per heavy atom. The monoisotopic (exact) mass is 276 g/mol. The minimum atomic E-state index is 0.497. The fourth-order valence-electron chi connectivity index (χ4n) is 3.00. The smallest absolute Gasteiger partial charge is 0.151 e. The first-order valence-corrected chi connectivity index (χ1v) is 7.73. The zero-order valence-electron chi connectivity index (χ0n) is 13.3. The second-order valence-corrected chi connectivity index (χ2v) is 5.97. The van der Waals surface area contributed by atoms with Crippen molar-refractivity contribution in [1.29, 1.82) is 0 Å². The summed E-state index contributed by atoms with van der Waals surface area (Å²) < 4.78 is 0. The Morgan fingerprint density at radius 3 is 2.70 bits per heavy atom. The zero-order chi connectivity index (χ0) is 14.5. The molecule has 4 nitrogen and oxygen atoms in total. The van der Waals surface area contributed by atoms with Crippen molar-refractivity contribution >= 4 is 11.5 Å². The highest BCUT2D eigenvalue weighted by Gasteiger charge is 2.23. The van der Waals surface area contributed by atoms with E-state index in [9.17, 15) is 0 Å². The molecule has 0 bridgehead atoms. The summed E-state index contributed by atoms with van der Waals surface area (Å²) in [5.41, 5.74) is 1.14. The van der Waals surface area contributed by atoms with E-state index in [-0.39, 0.29) is 0 Å². The first-order valence-electron chi connectivity index (χ1n) is 7.73. The molecule has 1 N–H and O–H groups in total. The van der Waals surface area contributed by atoms with Gasteiger partial charge in [0.1, 0.15) is 0 Å². The molecule has 1 atom stereocenters. The van der Waals surface area contributed by atoms with Crippen LogP contribution in [0, 0.1) is 5.92 Å². The van der Waals surface area contributed by atoms with Crippen LogP contribution in [0.2, 0.25) is 0 Å². The lowest BCUT2D eigenvalue weighted by Gasteiger charge is -2.35. The lowest BCUT2D eigenvalue weighted by atomic mass is 9.90. The van der Waals surface area contributed by atoms with Gasteiger partial charge >= 0.3 is 0 Å². The standard InChI is InChI=1S/C16H28N4/c1-5-20-11-8-14(9-12-20)13(2)18-15-7-6-10-17-16(15)19(3)4/h6-7,10,13-14,18H,5,8-9,11-12H2,1-4H3. The van der Waals surface area contributed by atoms with Crippen LogP contribution in [-0.4, -0.2) is 49.7 Å². The summed E-state index contributed by atoms with van der Waals surface area (Å²) in [4.78, 5) is 9.06. The quantitative estimate of drug-likeness (QED) is 0.896. The topological polar surface area (TPSA) is 31.4 Å². The fraction of sp³-hybridized carbons (Fsp3) is 0.688. The zero-order valence-corrected chi connectivity index (χ0v) is 13.3. The summed E-state index contributed by atoms with van der Waals surface area (Å²) >= 11 is 0. The minimum absolute atomic E-state index is 0.497. The summed E-state index contributed by atoms with van der Waals surface area (Å²) in [5, 5.41) is 3.67. The van der Waals surface area contributed by atoms with Crippen molar-refractivity contribution in [3.63, 3.8) is 0 Å². The van der Waals surface area contributed by atoms with Crippen molar-refractivity contribution in [2.24, 2.45) is 5.92 Å². The van der Waals surface area contributed by atoms with E-state index in [4.69, 9.17) is 0 Å². The van der Waals surface area contributed by atoms with Crippen LogP contribution in [0.1, 0.15) is 26.7 Å². The van der Waals surface area contributed by atoms with Gasteiger partial charge < -0.3 is 15.1 Å². The van der Waals surface area contributed by atoms with Gasteiger partial charge in [-0.2, -0.15) is 0 Å². The molecule has 0 saturated carbocycles. The van der Waals surface area contributed by atoms with Crippen LogP contribution < -0.4 is 10.2 Å². The summed E-state index contributed by atoms with van der Waals surface area (Å²) in [5.74, 6) is 1.78. The van der Waals surface area contributed by atoms with Gasteiger partial charge in [0.05, 0.1) is 5.69 Å². The Kier molecular flexibility index (Phi) is 5.24. The minimum Gasteiger partial charge on any atom is -0.379 e. The predicted octanol–water partition coefficient (Wildman–Crippen LogP) is 2.68. The Morgan fingerprint density at radius 2 is 2.10 bits per heavy atom. The molecule has 0 aromatic carbocycles. The van der Waals surface area contributed by atoms with Crippen LogP contribution in [0.15, 0.2) is 18.3 Å². The van der Waals surface area contributed by atoms with Crippen LogP contribution in [0.3, 0.4) is 0 Å². The Balaban J connectivity index is 1.96. The number of likely N-dealkylation sites (tertiary alicyclic amines) is 1. The Labute approximate surface area is 123 Å². The number of anilines is 2. The number of nitrogens with zero attached hydrogens (tertiary/aromatic N) is 3. The summed E-state index contributed by atoms with van der Waals surface area (Å²) in [6, 6.07) is 4.62. The largest absolute Gasteiger partial charge is 0.379 e. The van der Waals surface area contributed by atoms with E-state index in [1.807, 2.05) is 26.4 Å². The highest BCUT2D eigenvalue weighted by atomic mass is 15.2. The lowest BCUT2D eigenvalue weighted by Crippen LogP contribution is -2.39. The molecule has 112 valence electrons. The molecular formula is C16H28N4. The van der Waals surface area contributed by atoms with Gasteiger partial charge in [0.15, 0.2) is 5.82 Å².